The lowest BCUT2D eigenvalue weighted by Crippen LogP contribution is -2.28. The summed E-state index contributed by atoms with van der Waals surface area (Å²) < 4.78 is 11.4. The van der Waals surface area contributed by atoms with Crippen LogP contribution in [0.25, 0.3) is 0 Å². The van der Waals surface area contributed by atoms with Crippen molar-refractivity contribution in [3.63, 3.8) is 0 Å². The highest BCUT2D eigenvalue weighted by Crippen LogP contribution is 2.25. The number of aromatic nitrogens is 1. The fourth-order valence-electron chi connectivity index (χ4n) is 4.15. The molecular formula is C31H45N3O4S. The van der Waals surface area contributed by atoms with Gasteiger partial charge in [-0.05, 0) is 54.3 Å². The van der Waals surface area contributed by atoms with Gasteiger partial charge >= 0.3 is 11.9 Å². The summed E-state index contributed by atoms with van der Waals surface area (Å²) in [5, 5.41) is 2.90. The maximum Gasteiger partial charge on any atom is 0.331 e. The Labute approximate surface area is 238 Å². The first-order chi connectivity index (χ1) is 18.4. The number of nitrogens with two attached hydrogens (primary N) is 1. The average molecular weight is 556 g/mol. The summed E-state index contributed by atoms with van der Waals surface area (Å²) in [5.41, 5.74) is 10.4. The minimum atomic E-state index is -0.465. The topological polar surface area (TPSA) is 94.8 Å². The maximum atomic E-state index is 12.7. The van der Waals surface area contributed by atoms with Crippen molar-refractivity contribution in [2.24, 2.45) is 5.73 Å². The highest BCUT2D eigenvalue weighted by molar-refractivity contribution is 7.09. The Balaban J connectivity index is 2.30. The highest BCUT2D eigenvalue weighted by atomic mass is 32.1. The van der Waals surface area contributed by atoms with E-state index < -0.39 is 12.1 Å². The molecule has 39 heavy (non-hydrogen) atoms. The summed E-state index contributed by atoms with van der Waals surface area (Å²) in [5.74, 6) is -0.635. The number of fused-ring (bicyclic) bond motifs is 2. The minimum Gasteiger partial charge on any atom is -0.462 e. The molecule has 1 aliphatic rings. The van der Waals surface area contributed by atoms with E-state index in [1.165, 1.54) is 6.08 Å². The number of hydrogen-bond donors (Lipinski definition) is 1. The number of allylic oxidation sites excluding steroid dienone is 6. The van der Waals surface area contributed by atoms with Gasteiger partial charge < -0.3 is 20.1 Å². The largest absolute Gasteiger partial charge is 0.462 e. The molecule has 2 rings (SSSR count). The zero-order valence-corrected chi connectivity index (χ0v) is 25.3. The number of nitrogens with zero attached hydrogens (tertiary/aromatic N) is 2. The molecule has 0 saturated carbocycles. The molecule has 4 atom stereocenters. The van der Waals surface area contributed by atoms with Crippen molar-refractivity contribution in [1.82, 2.24) is 9.88 Å². The zero-order valence-electron chi connectivity index (χ0n) is 24.5. The lowest BCUT2D eigenvalue weighted by molar-refractivity contribution is -0.148. The van der Waals surface area contributed by atoms with Crippen LogP contribution in [-0.2, 0) is 25.5 Å². The third-order valence-corrected chi connectivity index (χ3v) is 7.08. The van der Waals surface area contributed by atoms with E-state index in [-0.39, 0.29) is 30.5 Å². The molecule has 2 bridgehead atoms. The van der Waals surface area contributed by atoms with E-state index in [2.05, 4.69) is 30.9 Å². The van der Waals surface area contributed by atoms with E-state index >= 15 is 0 Å². The molecule has 0 amide bonds. The van der Waals surface area contributed by atoms with Crippen molar-refractivity contribution >= 4 is 23.3 Å². The van der Waals surface area contributed by atoms with E-state index in [1.54, 1.807) is 17.4 Å². The van der Waals surface area contributed by atoms with E-state index in [0.29, 0.717) is 19.3 Å². The third-order valence-electron chi connectivity index (χ3n) is 6.19. The van der Waals surface area contributed by atoms with Crippen molar-refractivity contribution in [1.29, 1.82) is 0 Å². The van der Waals surface area contributed by atoms with Gasteiger partial charge in [0.15, 0.2) is 0 Å². The number of carbonyl (C=O) groups is 2. The summed E-state index contributed by atoms with van der Waals surface area (Å²) >= 11 is 1.54. The van der Waals surface area contributed by atoms with Gasteiger partial charge in [0.25, 0.3) is 0 Å². The van der Waals surface area contributed by atoms with Crippen LogP contribution in [0.15, 0.2) is 64.6 Å². The van der Waals surface area contributed by atoms with Crippen LogP contribution < -0.4 is 5.73 Å². The standard InChI is InChI=1S/C31H45N3O4S/c1-21(13-14-34(6)7)11-12-23(3)16-27-19-29-33-28(20-39-29)24(4)17-26(32)18-31(36)37-25(5)15-22(2)9-8-10-30(35)38-27/h8-13,16,20,24-27H,14-15,17-19,32H2,1-7H3/b10-8-,12-11+,21-13+,22-9?,23-16+/t24-,25+,26+,27+/m0/s1. The van der Waals surface area contributed by atoms with Crippen molar-refractivity contribution in [3.8, 4) is 0 Å². The number of carbonyl (C=O) groups excluding carboxylic acids is 2. The predicted molar refractivity (Wildman–Crippen MR) is 160 cm³/mol. The van der Waals surface area contributed by atoms with Gasteiger partial charge in [-0.2, -0.15) is 0 Å². The lowest BCUT2D eigenvalue weighted by atomic mass is 9.98. The van der Waals surface area contributed by atoms with Gasteiger partial charge in [-0.3, -0.25) is 4.79 Å². The molecule has 1 aliphatic heterocycles. The molecule has 2 N–H and O–H groups in total. The van der Waals surface area contributed by atoms with Crippen LogP contribution in [0.1, 0.15) is 70.5 Å². The Morgan fingerprint density at radius 2 is 1.85 bits per heavy atom. The van der Waals surface area contributed by atoms with Gasteiger partial charge in [0.1, 0.15) is 12.2 Å². The Morgan fingerprint density at radius 1 is 1.13 bits per heavy atom. The van der Waals surface area contributed by atoms with Gasteiger partial charge in [-0.15, -0.1) is 11.3 Å². The minimum absolute atomic E-state index is 0.0866. The van der Waals surface area contributed by atoms with Crippen LogP contribution in [0, 0.1) is 0 Å². The summed E-state index contributed by atoms with van der Waals surface area (Å²) in [6.07, 6.45) is 14.2. The smallest absolute Gasteiger partial charge is 0.331 e. The molecule has 0 aromatic carbocycles. The Morgan fingerprint density at radius 3 is 2.56 bits per heavy atom. The Bertz CT molecular complexity index is 1110. The second kappa shape index (κ2) is 16.3. The van der Waals surface area contributed by atoms with Crippen LogP contribution in [0.3, 0.4) is 0 Å². The van der Waals surface area contributed by atoms with E-state index in [9.17, 15) is 9.59 Å². The number of rotatable bonds is 5. The molecule has 7 nitrogen and oxygen atoms in total. The van der Waals surface area contributed by atoms with Crippen LogP contribution >= 0.6 is 11.3 Å². The van der Waals surface area contributed by atoms with Crippen molar-refractivity contribution in [3.05, 3.63) is 75.3 Å². The number of thiazole rings is 1. The predicted octanol–water partition coefficient (Wildman–Crippen LogP) is 5.66. The molecule has 2 heterocycles. The number of esters is 2. The fraction of sp³-hybridized carbons (Fsp3) is 0.516. The quantitative estimate of drug-likeness (QED) is 0.370. The van der Waals surface area contributed by atoms with Crippen molar-refractivity contribution in [2.75, 3.05) is 20.6 Å². The second-order valence-electron chi connectivity index (χ2n) is 10.8. The van der Waals surface area contributed by atoms with Gasteiger partial charge in [-0.1, -0.05) is 54.0 Å². The normalized spacial score (nSPS) is 25.9. The maximum absolute atomic E-state index is 12.7. The summed E-state index contributed by atoms with van der Waals surface area (Å²) in [6, 6.07) is -0.312. The molecule has 1 aromatic rings. The van der Waals surface area contributed by atoms with Gasteiger partial charge in [0.2, 0.25) is 0 Å². The van der Waals surface area contributed by atoms with Crippen LogP contribution in [0.5, 0.6) is 0 Å². The second-order valence-corrected chi connectivity index (χ2v) is 11.7. The average Bonchev–Trinajstić information content (AvgIpc) is 3.29. The van der Waals surface area contributed by atoms with Gasteiger partial charge in [-0.25, -0.2) is 9.78 Å². The third kappa shape index (κ3) is 13.2. The molecule has 1 aromatic heterocycles. The number of likely N-dealkylation sites (N-methyl/N-ethyl adjacent to an activating group) is 1. The van der Waals surface area contributed by atoms with Crippen LogP contribution in [-0.4, -0.2) is 60.7 Å². The van der Waals surface area contributed by atoms with Crippen LogP contribution in [0.2, 0.25) is 0 Å². The first kappa shape index (κ1) is 32.4. The fourth-order valence-corrected chi connectivity index (χ4v) is 5.11. The van der Waals surface area contributed by atoms with Crippen LogP contribution in [0.4, 0.5) is 0 Å². The van der Waals surface area contributed by atoms with Gasteiger partial charge in [0.05, 0.1) is 17.1 Å². The van der Waals surface area contributed by atoms with E-state index in [1.807, 2.05) is 58.5 Å². The Hall–Kier alpha value is -2.81. The van der Waals surface area contributed by atoms with E-state index in [0.717, 1.165) is 34.0 Å². The molecule has 0 aliphatic carbocycles. The molecule has 0 unspecified atom stereocenters. The summed E-state index contributed by atoms with van der Waals surface area (Å²) in [4.78, 5) is 32.0. The lowest BCUT2D eigenvalue weighted by Gasteiger charge is -2.18. The van der Waals surface area contributed by atoms with E-state index in [4.69, 9.17) is 20.2 Å². The Kier molecular flexibility index (Phi) is 13.6. The highest BCUT2D eigenvalue weighted by Gasteiger charge is 2.20. The summed E-state index contributed by atoms with van der Waals surface area (Å²) in [7, 11) is 4.07. The zero-order chi connectivity index (χ0) is 28.9. The first-order valence-electron chi connectivity index (χ1n) is 13.5. The molecule has 0 fully saturated rings. The number of hydrogen-bond acceptors (Lipinski definition) is 8. The molecule has 214 valence electrons. The molecule has 0 radical (unpaired) electrons. The first-order valence-corrected chi connectivity index (χ1v) is 14.4. The van der Waals surface area contributed by atoms with Crippen molar-refractivity contribution in [2.45, 2.75) is 84.5 Å². The summed E-state index contributed by atoms with van der Waals surface area (Å²) in [6.45, 7) is 10.8. The van der Waals surface area contributed by atoms with Gasteiger partial charge in [0, 0.05) is 42.8 Å². The molecule has 0 saturated heterocycles. The number of ether oxygens (including phenoxy) is 2. The monoisotopic (exact) mass is 555 g/mol. The number of cyclic esters (lactones) is 2. The molecule has 8 heteroatoms. The molecule has 0 spiro atoms. The van der Waals surface area contributed by atoms with Crippen molar-refractivity contribution < 1.29 is 19.1 Å². The molecular weight excluding hydrogens is 510 g/mol. The SMILES string of the molecule is CC1=C/C=C\C(=O)O[C@H](/C=C(C)/C=C/C(C)=C/CN(C)C)Cc2nc(cs2)[C@@H](C)C[C@@H](N)CC(=O)O[C@H](C)C1.